The van der Waals surface area contributed by atoms with Crippen molar-refractivity contribution in [2.24, 2.45) is 5.73 Å². The largest absolute Gasteiger partial charge is 0.441 e. The number of hydrogen-bond acceptors (Lipinski definition) is 5. The maximum absolute atomic E-state index is 6.38. The number of benzene rings is 1. The fourth-order valence-corrected chi connectivity index (χ4v) is 2.67. The number of hydrogen-bond donors (Lipinski definition) is 2. The first-order chi connectivity index (χ1) is 9.13. The van der Waals surface area contributed by atoms with Crippen molar-refractivity contribution in [2.75, 3.05) is 26.7 Å². The molecule has 5 nitrogen and oxygen atoms in total. The van der Waals surface area contributed by atoms with E-state index in [0.717, 1.165) is 36.3 Å². The Morgan fingerprint density at radius 3 is 3.16 bits per heavy atom. The summed E-state index contributed by atoms with van der Waals surface area (Å²) in [6, 6.07) is 6.28. The Morgan fingerprint density at radius 2 is 2.37 bits per heavy atom. The highest BCUT2D eigenvalue weighted by Crippen LogP contribution is 2.22. The molecule has 19 heavy (non-hydrogen) atoms. The lowest BCUT2D eigenvalue weighted by atomic mass is 9.98. The van der Waals surface area contributed by atoms with Crippen LogP contribution in [0.5, 0.6) is 0 Å². The van der Waals surface area contributed by atoms with Gasteiger partial charge in [0.25, 0.3) is 0 Å². The number of likely N-dealkylation sites (N-methyl/N-ethyl adjacent to an activating group) is 1. The summed E-state index contributed by atoms with van der Waals surface area (Å²) in [5.41, 5.74) is 9.19. The highest BCUT2D eigenvalue weighted by atomic mass is 16.3. The quantitative estimate of drug-likeness (QED) is 0.844. The molecule has 2 unspecified atom stereocenters. The molecular formula is C14H20N4O. The van der Waals surface area contributed by atoms with Gasteiger partial charge in [0.05, 0.1) is 0 Å². The molecule has 5 heteroatoms. The van der Waals surface area contributed by atoms with Gasteiger partial charge in [-0.05, 0) is 24.7 Å². The number of nitrogens with two attached hydrogens (primary N) is 1. The van der Waals surface area contributed by atoms with E-state index in [1.165, 1.54) is 0 Å². The van der Waals surface area contributed by atoms with Crippen LogP contribution in [0.3, 0.4) is 0 Å². The molecule has 1 fully saturated rings. The van der Waals surface area contributed by atoms with Gasteiger partial charge >= 0.3 is 0 Å². The fourth-order valence-electron chi connectivity index (χ4n) is 2.67. The van der Waals surface area contributed by atoms with Gasteiger partial charge in [-0.25, -0.2) is 4.98 Å². The van der Waals surface area contributed by atoms with E-state index in [2.05, 4.69) is 22.2 Å². The number of nitrogens with zero attached hydrogens (tertiary/aromatic N) is 2. The summed E-state index contributed by atoms with van der Waals surface area (Å²) in [5.74, 6) is 0.691. The fraction of sp³-hybridized carbons (Fsp3) is 0.500. The molecule has 0 spiro atoms. The standard InChI is InChI=1S/C14H20N4O/c1-9-17-11-7-10(3-4-13(11)19-9)14(15)12-8-18(2)6-5-16-12/h3-4,7,12,14,16H,5-6,8,15H2,1-2H3. The van der Waals surface area contributed by atoms with E-state index in [-0.39, 0.29) is 12.1 Å². The minimum absolute atomic E-state index is 0.0239. The molecule has 0 amide bonds. The first kappa shape index (κ1) is 12.6. The van der Waals surface area contributed by atoms with Gasteiger partial charge in [-0.3, -0.25) is 0 Å². The topological polar surface area (TPSA) is 67.3 Å². The predicted octanol–water partition coefficient (Wildman–Crippen LogP) is 1.04. The molecule has 0 bridgehead atoms. The van der Waals surface area contributed by atoms with Crippen molar-refractivity contribution >= 4 is 11.1 Å². The van der Waals surface area contributed by atoms with Crippen molar-refractivity contribution in [3.05, 3.63) is 29.7 Å². The number of rotatable bonds is 2. The molecule has 2 heterocycles. The van der Waals surface area contributed by atoms with Gasteiger partial charge in [-0.15, -0.1) is 0 Å². The summed E-state index contributed by atoms with van der Waals surface area (Å²) >= 11 is 0. The zero-order valence-electron chi connectivity index (χ0n) is 11.4. The van der Waals surface area contributed by atoms with Crippen molar-refractivity contribution in [3.8, 4) is 0 Å². The lowest BCUT2D eigenvalue weighted by Crippen LogP contribution is -2.53. The lowest BCUT2D eigenvalue weighted by Gasteiger charge is -2.34. The maximum Gasteiger partial charge on any atom is 0.192 e. The Balaban J connectivity index is 1.85. The van der Waals surface area contributed by atoms with Crippen molar-refractivity contribution in [1.29, 1.82) is 0 Å². The molecule has 2 atom stereocenters. The summed E-state index contributed by atoms with van der Waals surface area (Å²) in [7, 11) is 2.13. The minimum atomic E-state index is -0.0239. The molecule has 3 rings (SSSR count). The van der Waals surface area contributed by atoms with Gasteiger partial charge in [0.1, 0.15) is 5.52 Å². The summed E-state index contributed by atoms with van der Waals surface area (Å²) in [4.78, 5) is 6.67. The van der Waals surface area contributed by atoms with Gasteiger partial charge in [0.15, 0.2) is 11.5 Å². The third-order valence-corrected chi connectivity index (χ3v) is 3.75. The highest BCUT2D eigenvalue weighted by Gasteiger charge is 2.24. The smallest absolute Gasteiger partial charge is 0.192 e. The number of aryl methyl sites for hydroxylation is 1. The van der Waals surface area contributed by atoms with Gasteiger partial charge in [0.2, 0.25) is 0 Å². The molecule has 1 aromatic carbocycles. The van der Waals surface area contributed by atoms with E-state index in [4.69, 9.17) is 10.2 Å². The maximum atomic E-state index is 6.38. The molecule has 1 aliphatic rings. The molecule has 0 saturated carbocycles. The summed E-state index contributed by atoms with van der Waals surface area (Å²) < 4.78 is 5.49. The van der Waals surface area contributed by atoms with Crippen molar-refractivity contribution in [2.45, 2.75) is 19.0 Å². The highest BCUT2D eigenvalue weighted by molar-refractivity contribution is 5.73. The summed E-state index contributed by atoms with van der Waals surface area (Å²) in [6.07, 6.45) is 0. The number of piperazine rings is 1. The van der Waals surface area contributed by atoms with Crippen LogP contribution >= 0.6 is 0 Å². The molecule has 1 saturated heterocycles. The van der Waals surface area contributed by atoms with E-state index >= 15 is 0 Å². The monoisotopic (exact) mass is 260 g/mol. The van der Waals surface area contributed by atoms with Gasteiger partial charge in [0, 0.05) is 38.6 Å². The van der Waals surface area contributed by atoms with Crippen LogP contribution in [0.4, 0.5) is 0 Å². The summed E-state index contributed by atoms with van der Waals surface area (Å²) in [5, 5.41) is 3.49. The molecule has 0 aliphatic carbocycles. The Kier molecular flexibility index (Phi) is 3.26. The molecule has 1 aromatic heterocycles. The third-order valence-electron chi connectivity index (χ3n) is 3.75. The van der Waals surface area contributed by atoms with E-state index in [0.29, 0.717) is 5.89 Å². The third kappa shape index (κ3) is 2.49. The van der Waals surface area contributed by atoms with Crippen LogP contribution in [0.15, 0.2) is 22.6 Å². The molecule has 1 aliphatic heterocycles. The molecule has 102 valence electrons. The minimum Gasteiger partial charge on any atom is -0.441 e. The van der Waals surface area contributed by atoms with Crippen molar-refractivity contribution < 1.29 is 4.42 Å². The zero-order valence-corrected chi connectivity index (χ0v) is 11.4. The van der Waals surface area contributed by atoms with Crippen LogP contribution in [0.2, 0.25) is 0 Å². The average molecular weight is 260 g/mol. The zero-order chi connectivity index (χ0) is 13.4. The molecule has 2 aromatic rings. The van der Waals surface area contributed by atoms with E-state index in [9.17, 15) is 0 Å². The molecule has 0 radical (unpaired) electrons. The number of aromatic nitrogens is 1. The number of nitrogens with one attached hydrogen (secondary N) is 1. The average Bonchev–Trinajstić information content (AvgIpc) is 2.76. The van der Waals surface area contributed by atoms with Gasteiger partial charge in [-0.1, -0.05) is 6.07 Å². The van der Waals surface area contributed by atoms with Gasteiger partial charge in [-0.2, -0.15) is 0 Å². The second-order valence-corrected chi connectivity index (χ2v) is 5.31. The number of oxazole rings is 1. The van der Waals surface area contributed by atoms with E-state index in [1.54, 1.807) is 0 Å². The van der Waals surface area contributed by atoms with Crippen LogP contribution in [0, 0.1) is 6.92 Å². The first-order valence-corrected chi connectivity index (χ1v) is 6.68. The Labute approximate surface area is 112 Å². The number of fused-ring (bicyclic) bond motifs is 1. The van der Waals surface area contributed by atoms with Crippen molar-refractivity contribution in [3.63, 3.8) is 0 Å². The van der Waals surface area contributed by atoms with Crippen LogP contribution in [0.1, 0.15) is 17.5 Å². The predicted molar refractivity (Wildman–Crippen MR) is 75.0 cm³/mol. The molecular weight excluding hydrogens is 240 g/mol. The van der Waals surface area contributed by atoms with Gasteiger partial charge < -0.3 is 20.4 Å². The Morgan fingerprint density at radius 1 is 1.53 bits per heavy atom. The first-order valence-electron chi connectivity index (χ1n) is 6.68. The van der Waals surface area contributed by atoms with E-state index in [1.807, 2.05) is 25.1 Å². The van der Waals surface area contributed by atoms with E-state index < -0.39 is 0 Å². The normalized spacial score (nSPS) is 22.8. The van der Waals surface area contributed by atoms with Crippen LogP contribution in [-0.2, 0) is 0 Å². The summed E-state index contributed by atoms with van der Waals surface area (Å²) in [6.45, 7) is 4.89. The molecule has 3 N–H and O–H groups in total. The second kappa shape index (κ2) is 4.92. The SMILES string of the molecule is Cc1nc2cc(C(N)C3CN(C)CCN3)ccc2o1. The van der Waals surface area contributed by atoms with Crippen LogP contribution in [0.25, 0.3) is 11.1 Å². The lowest BCUT2D eigenvalue weighted by molar-refractivity contribution is 0.220. The second-order valence-electron chi connectivity index (χ2n) is 5.31. The van der Waals surface area contributed by atoms with Crippen molar-refractivity contribution in [1.82, 2.24) is 15.2 Å². The van der Waals surface area contributed by atoms with Crippen LogP contribution in [-0.4, -0.2) is 42.6 Å². The van der Waals surface area contributed by atoms with Crippen LogP contribution < -0.4 is 11.1 Å². The Hall–Kier alpha value is -1.43. The Bertz CT molecular complexity index is 580.